The van der Waals surface area contributed by atoms with Crippen LogP contribution in [0.15, 0.2) is 4.99 Å². The van der Waals surface area contributed by atoms with E-state index in [1.807, 2.05) is 0 Å². The van der Waals surface area contributed by atoms with Gasteiger partial charge in [0.15, 0.2) is 5.96 Å². The Hall–Kier alpha value is -0.860. The number of ether oxygens (including phenoxy) is 1. The van der Waals surface area contributed by atoms with Crippen LogP contribution in [0.1, 0.15) is 32.1 Å². The number of hydrogen-bond acceptors (Lipinski definition) is 4. The second-order valence-electron chi connectivity index (χ2n) is 5.98. The van der Waals surface area contributed by atoms with Crippen molar-refractivity contribution in [2.24, 2.45) is 10.9 Å². The molecule has 1 aliphatic carbocycles. The van der Waals surface area contributed by atoms with Crippen LogP contribution in [0.25, 0.3) is 0 Å². The molecule has 0 aromatic rings. The fourth-order valence-corrected chi connectivity index (χ4v) is 3.30. The van der Waals surface area contributed by atoms with Gasteiger partial charge in [-0.2, -0.15) is 0 Å². The Labute approximate surface area is 133 Å². The van der Waals surface area contributed by atoms with E-state index in [4.69, 9.17) is 4.74 Å². The molecule has 1 atom stereocenters. The molecule has 8 heteroatoms. The van der Waals surface area contributed by atoms with Crippen molar-refractivity contribution in [3.8, 4) is 0 Å². The number of sulfonamides is 1. The predicted molar refractivity (Wildman–Crippen MR) is 87.5 cm³/mol. The van der Waals surface area contributed by atoms with Crippen LogP contribution in [-0.4, -0.2) is 59.5 Å². The molecule has 1 saturated heterocycles. The fraction of sp³-hybridized carbons (Fsp3) is 0.929. The van der Waals surface area contributed by atoms with Crippen molar-refractivity contribution in [1.29, 1.82) is 0 Å². The van der Waals surface area contributed by atoms with Crippen LogP contribution in [0.5, 0.6) is 0 Å². The van der Waals surface area contributed by atoms with Gasteiger partial charge in [-0.1, -0.05) is 0 Å². The molecule has 0 spiro atoms. The van der Waals surface area contributed by atoms with Gasteiger partial charge in [0.25, 0.3) is 0 Å². The third-order valence-electron chi connectivity index (χ3n) is 3.95. The first kappa shape index (κ1) is 17.5. The van der Waals surface area contributed by atoms with Crippen LogP contribution in [0.3, 0.4) is 0 Å². The summed E-state index contributed by atoms with van der Waals surface area (Å²) in [5.41, 5.74) is 0. The molecule has 7 nitrogen and oxygen atoms in total. The highest BCUT2D eigenvalue weighted by atomic mass is 32.2. The Kier molecular flexibility index (Phi) is 6.91. The molecule has 22 heavy (non-hydrogen) atoms. The van der Waals surface area contributed by atoms with Gasteiger partial charge >= 0.3 is 0 Å². The minimum Gasteiger partial charge on any atom is -0.377 e. The lowest BCUT2D eigenvalue weighted by Gasteiger charge is -2.22. The van der Waals surface area contributed by atoms with E-state index in [1.54, 1.807) is 7.05 Å². The summed E-state index contributed by atoms with van der Waals surface area (Å²) in [5.74, 6) is 1.45. The molecular formula is C14H28N4O3S. The van der Waals surface area contributed by atoms with Crippen molar-refractivity contribution < 1.29 is 13.2 Å². The monoisotopic (exact) mass is 332 g/mol. The normalized spacial score (nSPS) is 23.3. The maximum atomic E-state index is 12.0. The maximum Gasteiger partial charge on any atom is 0.213 e. The SMILES string of the molecule is CN=C(NCCS(=O)(=O)NCC1CCCCO1)NCC1CC1. The Balaban J connectivity index is 1.60. The standard InChI is InChI=1S/C14H28N4O3S/c1-15-14(17-10-12-5-6-12)16-7-9-22(19,20)18-11-13-4-2-3-8-21-13/h12-13,18H,2-11H2,1H3,(H2,15,16,17). The highest BCUT2D eigenvalue weighted by Gasteiger charge is 2.21. The zero-order valence-corrected chi connectivity index (χ0v) is 14.1. The van der Waals surface area contributed by atoms with Crippen molar-refractivity contribution in [2.45, 2.75) is 38.2 Å². The average molecular weight is 332 g/mol. The van der Waals surface area contributed by atoms with Gasteiger partial charge in [0.05, 0.1) is 11.9 Å². The highest BCUT2D eigenvalue weighted by Crippen LogP contribution is 2.27. The van der Waals surface area contributed by atoms with E-state index in [0.717, 1.165) is 38.3 Å². The molecule has 0 radical (unpaired) electrons. The Morgan fingerprint density at radius 3 is 2.64 bits per heavy atom. The molecular weight excluding hydrogens is 304 g/mol. The predicted octanol–water partition coefficient (Wildman–Crippen LogP) is 0.0499. The summed E-state index contributed by atoms with van der Waals surface area (Å²) in [4.78, 5) is 4.09. The van der Waals surface area contributed by atoms with Crippen LogP contribution in [-0.2, 0) is 14.8 Å². The van der Waals surface area contributed by atoms with Gasteiger partial charge in [0, 0.05) is 33.3 Å². The molecule has 2 fully saturated rings. The third kappa shape index (κ3) is 6.93. The van der Waals surface area contributed by atoms with E-state index in [1.165, 1.54) is 12.8 Å². The molecule has 128 valence electrons. The number of nitrogens with zero attached hydrogens (tertiary/aromatic N) is 1. The number of rotatable bonds is 8. The summed E-state index contributed by atoms with van der Waals surface area (Å²) in [6, 6.07) is 0. The molecule has 2 rings (SSSR count). The van der Waals surface area contributed by atoms with Crippen molar-refractivity contribution in [2.75, 3.05) is 39.0 Å². The summed E-state index contributed by atoms with van der Waals surface area (Å²) < 4.78 is 32.1. The minimum atomic E-state index is -3.28. The smallest absolute Gasteiger partial charge is 0.213 e. The van der Waals surface area contributed by atoms with Gasteiger partial charge in [-0.25, -0.2) is 13.1 Å². The van der Waals surface area contributed by atoms with Crippen molar-refractivity contribution in [3.05, 3.63) is 0 Å². The molecule has 3 N–H and O–H groups in total. The van der Waals surface area contributed by atoms with Gasteiger partial charge in [0.2, 0.25) is 10.0 Å². The lowest BCUT2D eigenvalue weighted by Crippen LogP contribution is -2.43. The van der Waals surface area contributed by atoms with Crippen molar-refractivity contribution >= 4 is 16.0 Å². The van der Waals surface area contributed by atoms with Crippen LogP contribution in [0.4, 0.5) is 0 Å². The van der Waals surface area contributed by atoms with Crippen molar-refractivity contribution in [3.63, 3.8) is 0 Å². The van der Waals surface area contributed by atoms with E-state index >= 15 is 0 Å². The van der Waals surface area contributed by atoms with Gasteiger partial charge in [-0.3, -0.25) is 4.99 Å². The summed E-state index contributed by atoms with van der Waals surface area (Å²) in [6.45, 7) is 2.35. The van der Waals surface area contributed by atoms with Gasteiger partial charge in [0.1, 0.15) is 0 Å². The summed E-state index contributed by atoms with van der Waals surface area (Å²) in [5, 5.41) is 6.24. The van der Waals surface area contributed by atoms with Crippen molar-refractivity contribution in [1.82, 2.24) is 15.4 Å². The number of aliphatic imine (C=N–C) groups is 1. The summed E-state index contributed by atoms with van der Waals surface area (Å²) in [7, 11) is -1.59. The minimum absolute atomic E-state index is 0.0180. The topological polar surface area (TPSA) is 91.8 Å². The molecule has 1 saturated carbocycles. The van der Waals surface area contributed by atoms with E-state index in [0.29, 0.717) is 19.0 Å². The van der Waals surface area contributed by atoms with Gasteiger partial charge in [-0.05, 0) is 38.0 Å². The number of nitrogens with one attached hydrogen (secondary N) is 3. The number of guanidine groups is 1. The Bertz CT molecular complexity index is 457. The second kappa shape index (κ2) is 8.69. The van der Waals surface area contributed by atoms with Gasteiger partial charge < -0.3 is 15.4 Å². The van der Waals surface area contributed by atoms with E-state index < -0.39 is 10.0 Å². The molecule has 2 aliphatic rings. The number of hydrogen-bond donors (Lipinski definition) is 3. The largest absolute Gasteiger partial charge is 0.377 e. The average Bonchev–Trinajstić information content (AvgIpc) is 3.34. The molecule has 0 bridgehead atoms. The summed E-state index contributed by atoms with van der Waals surface area (Å²) in [6.07, 6.45) is 5.66. The third-order valence-corrected chi connectivity index (χ3v) is 5.29. The van der Waals surface area contributed by atoms with Crippen LogP contribution < -0.4 is 15.4 Å². The zero-order valence-electron chi connectivity index (χ0n) is 13.3. The first-order chi connectivity index (χ1) is 10.6. The second-order valence-corrected chi connectivity index (χ2v) is 7.91. The summed E-state index contributed by atoms with van der Waals surface area (Å²) >= 11 is 0. The highest BCUT2D eigenvalue weighted by molar-refractivity contribution is 7.89. The van der Waals surface area contributed by atoms with E-state index in [2.05, 4.69) is 20.3 Å². The molecule has 1 unspecified atom stereocenters. The first-order valence-corrected chi connectivity index (χ1v) is 9.78. The molecule has 0 aromatic carbocycles. The van der Waals surface area contributed by atoms with Crippen LogP contribution in [0.2, 0.25) is 0 Å². The van der Waals surface area contributed by atoms with E-state index in [9.17, 15) is 8.42 Å². The molecule has 0 amide bonds. The Morgan fingerprint density at radius 1 is 1.18 bits per heavy atom. The van der Waals surface area contributed by atoms with E-state index in [-0.39, 0.29) is 11.9 Å². The lowest BCUT2D eigenvalue weighted by atomic mass is 10.1. The fourth-order valence-electron chi connectivity index (χ4n) is 2.35. The molecule has 1 aliphatic heterocycles. The molecule has 0 aromatic heterocycles. The molecule has 1 heterocycles. The first-order valence-electron chi connectivity index (χ1n) is 8.12. The quantitative estimate of drug-likeness (QED) is 0.431. The zero-order chi connectivity index (χ0) is 15.8. The maximum absolute atomic E-state index is 12.0. The van der Waals surface area contributed by atoms with Crippen LogP contribution >= 0.6 is 0 Å². The lowest BCUT2D eigenvalue weighted by molar-refractivity contribution is 0.0200. The Morgan fingerprint density at radius 2 is 2.00 bits per heavy atom. The van der Waals surface area contributed by atoms with Crippen LogP contribution in [0, 0.1) is 5.92 Å². The van der Waals surface area contributed by atoms with Gasteiger partial charge in [-0.15, -0.1) is 0 Å².